The van der Waals surface area contributed by atoms with E-state index in [1.54, 1.807) is 0 Å². The highest BCUT2D eigenvalue weighted by molar-refractivity contribution is 5.90. The van der Waals surface area contributed by atoms with Gasteiger partial charge in [0.1, 0.15) is 23.7 Å². The first-order chi connectivity index (χ1) is 10.5. The fraction of sp³-hybridized carbons (Fsp3) is 0.278. The predicted octanol–water partition coefficient (Wildman–Crippen LogP) is 4.18. The van der Waals surface area contributed by atoms with E-state index in [-0.39, 0.29) is 11.3 Å². The maximum Gasteiger partial charge on any atom is 0.339 e. The molecule has 1 atom stereocenters. The minimum absolute atomic E-state index is 0.134. The highest BCUT2D eigenvalue weighted by atomic mass is 16.5. The summed E-state index contributed by atoms with van der Waals surface area (Å²) < 4.78 is 5.58. The van der Waals surface area contributed by atoms with Crippen molar-refractivity contribution in [1.82, 2.24) is 0 Å². The van der Waals surface area contributed by atoms with Crippen molar-refractivity contribution in [2.45, 2.75) is 32.8 Å². The molecule has 0 radical (unpaired) electrons. The number of carboxylic acids is 1. The van der Waals surface area contributed by atoms with Gasteiger partial charge in [-0.15, -0.1) is 0 Å². The Labute approximate surface area is 130 Å². The third-order valence-electron chi connectivity index (χ3n) is 3.77. The molecule has 2 aromatic carbocycles. The van der Waals surface area contributed by atoms with Crippen molar-refractivity contribution in [3.63, 3.8) is 0 Å². The van der Waals surface area contributed by atoms with Crippen LogP contribution in [0.1, 0.15) is 47.7 Å². The van der Waals surface area contributed by atoms with Crippen LogP contribution in [-0.2, 0) is 6.61 Å². The minimum Gasteiger partial charge on any atom is -0.507 e. The Morgan fingerprint density at radius 1 is 1.18 bits per heavy atom. The van der Waals surface area contributed by atoms with Crippen LogP contribution in [0.5, 0.6) is 11.5 Å². The monoisotopic (exact) mass is 300 g/mol. The summed E-state index contributed by atoms with van der Waals surface area (Å²) >= 11 is 0. The van der Waals surface area contributed by atoms with E-state index in [1.165, 1.54) is 23.8 Å². The van der Waals surface area contributed by atoms with Gasteiger partial charge in [-0.25, -0.2) is 4.79 Å². The summed E-state index contributed by atoms with van der Waals surface area (Å²) in [6, 6.07) is 12.4. The molecule has 0 heterocycles. The van der Waals surface area contributed by atoms with Gasteiger partial charge >= 0.3 is 5.97 Å². The van der Waals surface area contributed by atoms with Crippen LogP contribution >= 0.6 is 0 Å². The molecule has 116 valence electrons. The van der Waals surface area contributed by atoms with Gasteiger partial charge in [-0.05, 0) is 35.6 Å². The lowest BCUT2D eigenvalue weighted by atomic mass is 9.98. The second-order valence-corrected chi connectivity index (χ2v) is 5.32. The maximum atomic E-state index is 10.8. The molecule has 0 saturated heterocycles. The van der Waals surface area contributed by atoms with E-state index in [0.717, 1.165) is 12.0 Å². The molecule has 0 amide bonds. The molecule has 22 heavy (non-hydrogen) atoms. The fourth-order valence-electron chi connectivity index (χ4n) is 2.13. The zero-order valence-electron chi connectivity index (χ0n) is 12.7. The molecule has 2 N–H and O–H groups in total. The van der Waals surface area contributed by atoms with Crippen LogP contribution in [-0.4, -0.2) is 16.2 Å². The van der Waals surface area contributed by atoms with Crippen molar-refractivity contribution in [2.75, 3.05) is 0 Å². The number of carbonyl (C=O) groups is 1. The van der Waals surface area contributed by atoms with Gasteiger partial charge in [-0.1, -0.05) is 38.1 Å². The maximum absolute atomic E-state index is 10.8. The lowest BCUT2D eigenvalue weighted by molar-refractivity contribution is 0.0693. The van der Waals surface area contributed by atoms with Crippen LogP contribution in [0.4, 0.5) is 0 Å². The molecule has 0 bridgehead atoms. The van der Waals surface area contributed by atoms with Crippen LogP contribution in [0.3, 0.4) is 0 Å². The summed E-state index contributed by atoms with van der Waals surface area (Å²) in [5, 5.41) is 18.5. The van der Waals surface area contributed by atoms with Crippen LogP contribution in [0.25, 0.3) is 0 Å². The number of rotatable bonds is 6. The van der Waals surface area contributed by atoms with E-state index in [4.69, 9.17) is 9.84 Å². The molecule has 0 saturated carbocycles. The molecule has 2 rings (SSSR count). The molecule has 1 unspecified atom stereocenters. The summed E-state index contributed by atoms with van der Waals surface area (Å²) in [5.74, 6) is -0.481. The largest absolute Gasteiger partial charge is 0.507 e. The summed E-state index contributed by atoms with van der Waals surface area (Å²) in [7, 11) is 0. The van der Waals surface area contributed by atoms with Crippen molar-refractivity contribution >= 4 is 5.97 Å². The molecule has 0 spiro atoms. The second kappa shape index (κ2) is 6.98. The molecular weight excluding hydrogens is 280 g/mol. The van der Waals surface area contributed by atoms with Gasteiger partial charge in [-0.3, -0.25) is 0 Å². The Bertz CT molecular complexity index is 647. The van der Waals surface area contributed by atoms with Crippen LogP contribution in [0.15, 0.2) is 42.5 Å². The SMILES string of the molecule is CCC(C)c1ccc(COc2ccc(C(=O)O)c(O)c2)cc1. The van der Waals surface area contributed by atoms with Crippen molar-refractivity contribution in [3.8, 4) is 11.5 Å². The average molecular weight is 300 g/mol. The smallest absolute Gasteiger partial charge is 0.339 e. The standard InChI is InChI=1S/C18H20O4/c1-3-12(2)14-6-4-13(5-7-14)11-22-15-8-9-16(18(20)21)17(19)10-15/h4-10,12,19H,3,11H2,1-2H3,(H,20,21). The number of phenols is 1. The van der Waals surface area contributed by atoms with E-state index in [1.807, 2.05) is 12.1 Å². The molecule has 4 nitrogen and oxygen atoms in total. The quantitative estimate of drug-likeness (QED) is 0.839. The van der Waals surface area contributed by atoms with Gasteiger partial charge in [0.2, 0.25) is 0 Å². The zero-order valence-corrected chi connectivity index (χ0v) is 12.7. The first kappa shape index (κ1) is 15.9. The van der Waals surface area contributed by atoms with Gasteiger partial charge in [0.25, 0.3) is 0 Å². The Hall–Kier alpha value is -2.49. The first-order valence-electron chi connectivity index (χ1n) is 7.29. The molecule has 4 heteroatoms. The third kappa shape index (κ3) is 3.79. The van der Waals surface area contributed by atoms with Gasteiger partial charge < -0.3 is 14.9 Å². The number of hydrogen-bond donors (Lipinski definition) is 2. The lowest BCUT2D eigenvalue weighted by Crippen LogP contribution is -1.99. The van der Waals surface area contributed by atoms with E-state index >= 15 is 0 Å². The molecule has 0 aromatic heterocycles. The van der Waals surface area contributed by atoms with Gasteiger partial charge in [0.15, 0.2) is 0 Å². The van der Waals surface area contributed by atoms with Crippen molar-refractivity contribution in [3.05, 3.63) is 59.2 Å². The van der Waals surface area contributed by atoms with Gasteiger partial charge in [0.05, 0.1) is 0 Å². The van der Waals surface area contributed by atoms with Crippen LogP contribution in [0, 0.1) is 0 Å². The van der Waals surface area contributed by atoms with E-state index < -0.39 is 5.97 Å². The Morgan fingerprint density at radius 2 is 1.86 bits per heavy atom. The third-order valence-corrected chi connectivity index (χ3v) is 3.77. The summed E-state index contributed by atoms with van der Waals surface area (Å²) in [6.45, 7) is 4.72. The Balaban J connectivity index is 2.01. The summed E-state index contributed by atoms with van der Waals surface area (Å²) in [6.07, 6.45) is 1.10. The predicted molar refractivity (Wildman–Crippen MR) is 84.5 cm³/mol. The van der Waals surface area contributed by atoms with E-state index in [9.17, 15) is 9.90 Å². The number of ether oxygens (including phenoxy) is 1. The molecule has 0 fully saturated rings. The average Bonchev–Trinajstić information content (AvgIpc) is 2.52. The number of hydrogen-bond acceptors (Lipinski definition) is 3. The highest BCUT2D eigenvalue weighted by Gasteiger charge is 2.10. The summed E-state index contributed by atoms with van der Waals surface area (Å²) in [5.41, 5.74) is 2.19. The van der Waals surface area contributed by atoms with Crippen molar-refractivity contribution in [2.24, 2.45) is 0 Å². The zero-order chi connectivity index (χ0) is 16.1. The lowest BCUT2D eigenvalue weighted by Gasteiger charge is -2.11. The number of carboxylic acid groups (broad SMARTS) is 1. The summed E-state index contributed by atoms with van der Waals surface area (Å²) in [4.78, 5) is 10.8. The van der Waals surface area contributed by atoms with Crippen LogP contribution < -0.4 is 4.74 Å². The second-order valence-electron chi connectivity index (χ2n) is 5.32. The molecule has 0 aliphatic heterocycles. The van der Waals surface area contributed by atoms with Crippen molar-refractivity contribution in [1.29, 1.82) is 0 Å². The normalized spacial score (nSPS) is 11.9. The molecular formula is C18H20O4. The highest BCUT2D eigenvalue weighted by Crippen LogP contribution is 2.24. The Kier molecular flexibility index (Phi) is 5.04. The van der Waals surface area contributed by atoms with Gasteiger partial charge in [-0.2, -0.15) is 0 Å². The topological polar surface area (TPSA) is 66.8 Å². The van der Waals surface area contributed by atoms with Gasteiger partial charge in [0, 0.05) is 6.07 Å². The minimum atomic E-state index is -1.16. The Morgan fingerprint density at radius 3 is 2.41 bits per heavy atom. The van der Waals surface area contributed by atoms with E-state index in [2.05, 4.69) is 26.0 Å². The molecule has 0 aliphatic rings. The number of aromatic hydroxyl groups is 1. The molecule has 0 aliphatic carbocycles. The number of benzene rings is 2. The van der Waals surface area contributed by atoms with E-state index in [0.29, 0.717) is 18.3 Å². The van der Waals surface area contributed by atoms with Crippen molar-refractivity contribution < 1.29 is 19.7 Å². The number of aromatic carboxylic acids is 1. The van der Waals surface area contributed by atoms with Crippen LogP contribution in [0.2, 0.25) is 0 Å². The molecule has 2 aromatic rings. The fourth-order valence-corrected chi connectivity index (χ4v) is 2.13. The first-order valence-corrected chi connectivity index (χ1v) is 7.29.